The zero-order chi connectivity index (χ0) is 9.80. The van der Waals surface area contributed by atoms with E-state index in [2.05, 4.69) is 29.4 Å². The first-order chi connectivity index (χ1) is 6.88. The second-order valence-corrected chi connectivity index (χ2v) is 3.14. The fourth-order valence-corrected chi connectivity index (χ4v) is 1.30. The Kier molecular flexibility index (Phi) is 2.58. The molecule has 0 atom stereocenters. The lowest BCUT2D eigenvalue weighted by Crippen LogP contribution is -1.99. The fraction of sp³-hybridized carbons (Fsp3) is 0.182. The Labute approximate surface area is 83.4 Å². The molecule has 0 unspecified atom stereocenters. The van der Waals surface area contributed by atoms with Crippen LogP contribution in [0, 0.1) is 6.92 Å². The van der Waals surface area contributed by atoms with Crippen molar-refractivity contribution in [3.05, 3.63) is 54.7 Å². The Morgan fingerprint density at radius 2 is 2.00 bits per heavy atom. The van der Waals surface area contributed by atoms with E-state index in [1.54, 1.807) is 0 Å². The summed E-state index contributed by atoms with van der Waals surface area (Å²) in [6.07, 6.45) is 2.62. The lowest BCUT2D eigenvalue weighted by molar-refractivity contribution is 0.649. The van der Waals surface area contributed by atoms with Crippen molar-refractivity contribution in [2.24, 2.45) is 0 Å². The number of hydrogen-bond acceptors (Lipinski definition) is 2. The van der Waals surface area contributed by atoms with E-state index in [-0.39, 0.29) is 0 Å². The Hall–Kier alpha value is -1.64. The SMILES string of the molecule is [CH2]Cc1cn(Cc2ccccc2)nn1. The molecule has 0 saturated heterocycles. The van der Waals surface area contributed by atoms with Crippen molar-refractivity contribution in [3.8, 4) is 0 Å². The summed E-state index contributed by atoms with van der Waals surface area (Å²) in [4.78, 5) is 0. The van der Waals surface area contributed by atoms with Crippen molar-refractivity contribution in [2.45, 2.75) is 13.0 Å². The van der Waals surface area contributed by atoms with Gasteiger partial charge in [-0.1, -0.05) is 35.5 Å². The molecule has 0 aliphatic rings. The van der Waals surface area contributed by atoms with Crippen LogP contribution in [0.25, 0.3) is 0 Å². The summed E-state index contributed by atoms with van der Waals surface area (Å²) in [5.74, 6) is 0. The van der Waals surface area contributed by atoms with Gasteiger partial charge in [0.2, 0.25) is 0 Å². The fourth-order valence-electron chi connectivity index (χ4n) is 1.30. The molecular weight excluding hydrogens is 174 g/mol. The van der Waals surface area contributed by atoms with Crippen molar-refractivity contribution in [3.63, 3.8) is 0 Å². The smallest absolute Gasteiger partial charge is 0.0827 e. The van der Waals surface area contributed by atoms with Gasteiger partial charge < -0.3 is 0 Å². The first kappa shape index (κ1) is 8.94. The van der Waals surface area contributed by atoms with E-state index in [1.165, 1.54) is 5.56 Å². The highest BCUT2D eigenvalue weighted by molar-refractivity contribution is 5.14. The average Bonchev–Trinajstić information content (AvgIpc) is 2.67. The molecule has 3 nitrogen and oxygen atoms in total. The van der Waals surface area contributed by atoms with Gasteiger partial charge in [0, 0.05) is 6.20 Å². The van der Waals surface area contributed by atoms with Crippen LogP contribution in [0.5, 0.6) is 0 Å². The first-order valence-electron chi connectivity index (χ1n) is 4.60. The molecule has 0 saturated carbocycles. The van der Waals surface area contributed by atoms with Gasteiger partial charge in [0.05, 0.1) is 12.2 Å². The molecule has 0 aliphatic carbocycles. The highest BCUT2D eigenvalue weighted by Crippen LogP contribution is 2.01. The molecule has 0 spiro atoms. The number of aromatic nitrogens is 3. The van der Waals surface area contributed by atoms with Crippen molar-refractivity contribution < 1.29 is 0 Å². The van der Waals surface area contributed by atoms with E-state index in [9.17, 15) is 0 Å². The second-order valence-electron chi connectivity index (χ2n) is 3.14. The minimum Gasteiger partial charge on any atom is -0.248 e. The van der Waals surface area contributed by atoms with Crippen LogP contribution in [0.4, 0.5) is 0 Å². The summed E-state index contributed by atoms with van der Waals surface area (Å²) in [5, 5.41) is 7.99. The highest BCUT2D eigenvalue weighted by Gasteiger charge is 1.98. The molecule has 3 heteroatoms. The van der Waals surface area contributed by atoms with Crippen molar-refractivity contribution in [1.29, 1.82) is 0 Å². The van der Waals surface area contributed by atoms with Crippen LogP contribution in [-0.4, -0.2) is 15.0 Å². The minimum atomic E-state index is 0.689. The van der Waals surface area contributed by atoms with Gasteiger partial charge in [-0.25, -0.2) is 4.68 Å². The topological polar surface area (TPSA) is 30.7 Å². The zero-order valence-electron chi connectivity index (χ0n) is 7.93. The summed E-state index contributed by atoms with van der Waals surface area (Å²) in [7, 11) is 0. The summed E-state index contributed by atoms with van der Waals surface area (Å²) in [6.45, 7) is 4.53. The van der Waals surface area contributed by atoms with Crippen LogP contribution in [0.2, 0.25) is 0 Å². The van der Waals surface area contributed by atoms with Crippen molar-refractivity contribution in [1.82, 2.24) is 15.0 Å². The van der Waals surface area contributed by atoms with E-state index in [0.717, 1.165) is 12.2 Å². The van der Waals surface area contributed by atoms with Crippen LogP contribution >= 0.6 is 0 Å². The van der Waals surface area contributed by atoms with E-state index in [1.807, 2.05) is 29.1 Å². The predicted molar refractivity (Wildman–Crippen MR) is 54.6 cm³/mol. The summed E-state index contributed by atoms with van der Waals surface area (Å²) in [6, 6.07) is 10.2. The Morgan fingerprint density at radius 1 is 1.21 bits per heavy atom. The van der Waals surface area contributed by atoms with Gasteiger partial charge in [-0.2, -0.15) is 0 Å². The van der Waals surface area contributed by atoms with Crippen LogP contribution in [0.3, 0.4) is 0 Å². The maximum atomic E-state index is 4.01. The van der Waals surface area contributed by atoms with Crippen LogP contribution in [-0.2, 0) is 13.0 Å². The summed E-state index contributed by atoms with van der Waals surface area (Å²) < 4.78 is 1.83. The molecule has 0 aliphatic heterocycles. The lowest BCUT2D eigenvalue weighted by Gasteiger charge is -1.98. The first-order valence-corrected chi connectivity index (χ1v) is 4.60. The standard InChI is InChI=1S/C11H12N3/c1-2-11-9-14(13-12-11)8-10-6-4-3-5-7-10/h3-7,9H,1-2,8H2. The van der Waals surface area contributed by atoms with E-state index in [0.29, 0.717) is 6.42 Å². The van der Waals surface area contributed by atoms with Gasteiger partial charge in [0.1, 0.15) is 0 Å². The van der Waals surface area contributed by atoms with Crippen LogP contribution in [0.15, 0.2) is 36.5 Å². The summed E-state index contributed by atoms with van der Waals surface area (Å²) in [5.41, 5.74) is 2.16. The zero-order valence-corrected chi connectivity index (χ0v) is 7.93. The molecule has 0 bridgehead atoms. The number of rotatable bonds is 3. The van der Waals surface area contributed by atoms with Gasteiger partial charge in [-0.05, 0) is 18.9 Å². The summed E-state index contributed by atoms with van der Waals surface area (Å²) >= 11 is 0. The largest absolute Gasteiger partial charge is 0.248 e. The molecule has 2 rings (SSSR count). The molecule has 1 aromatic carbocycles. The Morgan fingerprint density at radius 3 is 2.64 bits per heavy atom. The molecule has 1 radical (unpaired) electrons. The quantitative estimate of drug-likeness (QED) is 0.730. The molecule has 1 aromatic heterocycles. The highest BCUT2D eigenvalue weighted by atomic mass is 15.4. The third-order valence-electron chi connectivity index (χ3n) is 2.03. The molecule has 0 fully saturated rings. The normalized spacial score (nSPS) is 10.4. The maximum Gasteiger partial charge on any atom is 0.0827 e. The minimum absolute atomic E-state index is 0.689. The van der Waals surface area contributed by atoms with Crippen molar-refractivity contribution in [2.75, 3.05) is 0 Å². The van der Waals surface area contributed by atoms with E-state index in [4.69, 9.17) is 0 Å². The molecule has 2 aromatic rings. The molecule has 0 amide bonds. The van der Waals surface area contributed by atoms with Crippen LogP contribution < -0.4 is 0 Å². The van der Waals surface area contributed by atoms with Gasteiger partial charge in [-0.15, -0.1) is 5.10 Å². The number of benzene rings is 1. The molecule has 1 heterocycles. The Balaban J connectivity index is 2.11. The maximum absolute atomic E-state index is 4.01. The third kappa shape index (κ3) is 1.99. The number of nitrogens with zero attached hydrogens (tertiary/aromatic N) is 3. The molecular formula is C11H12N3. The third-order valence-corrected chi connectivity index (χ3v) is 2.03. The number of hydrogen-bond donors (Lipinski definition) is 0. The monoisotopic (exact) mass is 186 g/mol. The molecule has 71 valence electrons. The van der Waals surface area contributed by atoms with E-state index < -0.39 is 0 Å². The predicted octanol–water partition coefficient (Wildman–Crippen LogP) is 1.70. The second kappa shape index (κ2) is 4.05. The van der Waals surface area contributed by atoms with Gasteiger partial charge in [-0.3, -0.25) is 0 Å². The van der Waals surface area contributed by atoms with E-state index >= 15 is 0 Å². The lowest BCUT2D eigenvalue weighted by atomic mass is 10.2. The van der Waals surface area contributed by atoms with Crippen LogP contribution in [0.1, 0.15) is 11.3 Å². The molecule has 14 heavy (non-hydrogen) atoms. The average molecular weight is 186 g/mol. The van der Waals surface area contributed by atoms with Gasteiger partial charge in [0.25, 0.3) is 0 Å². The Bertz CT molecular complexity index is 392. The van der Waals surface area contributed by atoms with Gasteiger partial charge in [0.15, 0.2) is 0 Å². The molecule has 0 N–H and O–H groups in total. The van der Waals surface area contributed by atoms with Gasteiger partial charge >= 0.3 is 0 Å². The van der Waals surface area contributed by atoms with Crippen molar-refractivity contribution >= 4 is 0 Å².